The Morgan fingerprint density at radius 2 is 1.80 bits per heavy atom. The molecule has 1 aromatic carbocycles. The number of piperidine rings is 2. The number of aliphatic hydroxyl groups is 1. The number of rotatable bonds is 8. The van der Waals surface area contributed by atoms with Gasteiger partial charge in [-0.05, 0) is 68.6 Å². The van der Waals surface area contributed by atoms with Crippen LogP contribution in [0, 0.1) is 12.8 Å². The third-order valence-electron chi connectivity index (χ3n) is 10.3. The molecule has 2 aliphatic heterocycles. The zero-order chi connectivity index (χ0) is 35.1. The summed E-state index contributed by atoms with van der Waals surface area (Å²) in [5, 5.41) is 14.0. The highest BCUT2D eigenvalue weighted by molar-refractivity contribution is 7.18. The number of likely N-dealkylation sites (tertiary alicyclic amines) is 2. The molecular weight excluding hydrogens is 702 g/mol. The summed E-state index contributed by atoms with van der Waals surface area (Å²) >= 11 is 9.24. The lowest BCUT2D eigenvalue weighted by atomic mass is 9.79. The van der Waals surface area contributed by atoms with Crippen LogP contribution < -0.4 is 5.56 Å². The van der Waals surface area contributed by atoms with E-state index in [1.54, 1.807) is 17.4 Å². The highest BCUT2D eigenvalue weighted by atomic mass is 35.5. The van der Waals surface area contributed by atoms with Crippen molar-refractivity contribution in [2.24, 2.45) is 5.92 Å². The molecule has 8 rings (SSSR count). The molecule has 0 bridgehead atoms. The fourth-order valence-corrected chi connectivity index (χ4v) is 9.42. The van der Waals surface area contributed by atoms with Gasteiger partial charge >= 0.3 is 0 Å². The van der Waals surface area contributed by atoms with E-state index in [1.807, 2.05) is 71.4 Å². The first-order valence-corrected chi connectivity index (χ1v) is 19.2. The topological polar surface area (TPSA) is 109 Å². The molecule has 2 atom stereocenters. The van der Waals surface area contributed by atoms with Crippen molar-refractivity contribution in [2.45, 2.75) is 50.8 Å². The number of amides is 1. The van der Waals surface area contributed by atoms with E-state index in [0.717, 1.165) is 47.3 Å². The van der Waals surface area contributed by atoms with Crippen LogP contribution >= 0.6 is 34.3 Å². The Morgan fingerprint density at radius 1 is 0.980 bits per heavy atom. The lowest BCUT2D eigenvalue weighted by molar-refractivity contribution is -0.142. The predicted molar refractivity (Wildman–Crippen MR) is 202 cm³/mol. The Balaban J connectivity index is 0.928. The van der Waals surface area contributed by atoms with Crippen LogP contribution in [-0.4, -0.2) is 76.7 Å². The van der Waals surface area contributed by atoms with E-state index >= 15 is 0 Å². The third-order valence-corrected chi connectivity index (χ3v) is 12.5. The van der Waals surface area contributed by atoms with Crippen LogP contribution in [0.2, 0.25) is 4.34 Å². The molecule has 6 aromatic rings. The first kappa shape index (κ1) is 33.9. The van der Waals surface area contributed by atoms with E-state index in [2.05, 4.69) is 38.1 Å². The van der Waals surface area contributed by atoms with Crippen LogP contribution in [-0.2, 0) is 17.9 Å². The number of halogens is 1. The van der Waals surface area contributed by atoms with Gasteiger partial charge in [0.15, 0.2) is 5.65 Å². The predicted octanol–water partition coefficient (Wildman–Crippen LogP) is 6.39. The maximum absolute atomic E-state index is 14.2. The molecule has 0 saturated carbocycles. The van der Waals surface area contributed by atoms with Crippen molar-refractivity contribution >= 4 is 51.2 Å². The third kappa shape index (κ3) is 7.03. The van der Waals surface area contributed by atoms with Gasteiger partial charge in [0, 0.05) is 72.7 Å². The molecule has 5 aromatic heterocycles. The smallest absolute Gasteiger partial charge is 0.262 e. The number of pyridine rings is 1. The second-order valence-corrected chi connectivity index (χ2v) is 16.5. The summed E-state index contributed by atoms with van der Waals surface area (Å²) < 4.78 is 4.01. The number of thiazole rings is 1. The van der Waals surface area contributed by atoms with Gasteiger partial charge in [-0.25, -0.2) is 9.97 Å². The maximum Gasteiger partial charge on any atom is 0.262 e. The number of carbonyl (C=O) groups is 1. The quantitative estimate of drug-likeness (QED) is 0.193. The van der Waals surface area contributed by atoms with Crippen molar-refractivity contribution in [1.82, 2.24) is 33.9 Å². The standard InChI is InChI=1S/C38H38ClN7O3S2/c1-25-7-8-27(19-40-25)35-41-20-28(50-35)21-43-15-11-29(31(22-43)26-5-3-2-4-6-26)36(47)44-17-13-38(49,14-18-44)23-45-24-42-34-30(37(45)48)12-16-46(34)33-10-9-32(39)51-33/h2-10,12,16,19-20,24,29,31,49H,11,13-15,17-18,21-23H2,1H3/t29-,31+/m1/s1. The summed E-state index contributed by atoms with van der Waals surface area (Å²) in [6, 6.07) is 19.9. The first-order valence-electron chi connectivity index (χ1n) is 17.2. The average Bonchev–Trinajstić information content (AvgIpc) is 3.91. The minimum absolute atomic E-state index is 0.0517. The van der Waals surface area contributed by atoms with E-state index in [4.69, 9.17) is 11.6 Å². The van der Waals surface area contributed by atoms with Crippen molar-refractivity contribution in [3.8, 4) is 15.6 Å². The molecule has 2 fully saturated rings. The highest BCUT2D eigenvalue weighted by Crippen LogP contribution is 2.37. The summed E-state index contributed by atoms with van der Waals surface area (Å²) in [5.41, 5.74) is 2.41. The summed E-state index contributed by atoms with van der Waals surface area (Å²) in [6.45, 7) is 5.35. The number of benzene rings is 1. The lowest BCUT2D eigenvalue weighted by Gasteiger charge is -2.43. The number of nitrogens with zero attached hydrogens (tertiary/aromatic N) is 7. The zero-order valence-corrected chi connectivity index (χ0v) is 30.6. The summed E-state index contributed by atoms with van der Waals surface area (Å²) in [6.07, 6.45) is 8.69. The van der Waals surface area contributed by atoms with Gasteiger partial charge in [-0.3, -0.25) is 28.6 Å². The minimum atomic E-state index is -1.12. The number of aromatic nitrogens is 5. The Kier molecular flexibility index (Phi) is 9.36. The molecule has 13 heteroatoms. The van der Waals surface area contributed by atoms with Crippen molar-refractivity contribution in [3.05, 3.63) is 116 Å². The Hall–Kier alpha value is -4.20. The second-order valence-electron chi connectivity index (χ2n) is 13.7. The van der Waals surface area contributed by atoms with Gasteiger partial charge in [-0.15, -0.1) is 22.7 Å². The van der Waals surface area contributed by atoms with E-state index in [1.165, 1.54) is 32.7 Å². The van der Waals surface area contributed by atoms with Crippen LogP contribution in [0.4, 0.5) is 0 Å². The molecule has 2 aliphatic rings. The Labute approximate surface area is 308 Å². The van der Waals surface area contributed by atoms with Gasteiger partial charge in [-0.1, -0.05) is 41.9 Å². The van der Waals surface area contributed by atoms with Gasteiger partial charge < -0.3 is 10.0 Å². The molecule has 262 valence electrons. The van der Waals surface area contributed by atoms with Crippen LogP contribution in [0.25, 0.3) is 26.6 Å². The number of hydrogen-bond donors (Lipinski definition) is 1. The van der Waals surface area contributed by atoms with Gasteiger partial charge in [0.1, 0.15) is 16.3 Å². The SMILES string of the molecule is Cc1ccc(-c2ncc(CN3CC[C@@H](C(=O)N4CCC(O)(Cn5cnc6c(ccn6-c6ccc(Cl)s6)c5=O)CC4)[C@H](c4ccccc4)C3)s2)cn1. The second kappa shape index (κ2) is 14.1. The first-order chi connectivity index (χ1) is 24.7. The fourth-order valence-electron chi connectivity index (χ4n) is 7.46. The number of hydrogen-bond acceptors (Lipinski definition) is 9. The molecule has 51 heavy (non-hydrogen) atoms. The lowest BCUT2D eigenvalue weighted by Crippen LogP contribution is -2.53. The fraction of sp³-hybridized carbons (Fsp3) is 0.342. The van der Waals surface area contributed by atoms with Gasteiger partial charge in [0.05, 0.1) is 21.9 Å². The molecule has 1 N–H and O–H groups in total. The monoisotopic (exact) mass is 739 g/mol. The zero-order valence-electron chi connectivity index (χ0n) is 28.2. The summed E-state index contributed by atoms with van der Waals surface area (Å²) in [5.74, 6) is 0.0469. The van der Waals surface area contributed by atoms with E-state index in [-0.39, 0.29) is 29.8 Å². The normalized spacial score (nSPS) is 19.5. The van der Waals surface area contributed by atoms with Gasteiger partial charge in [0.2, 0.25) is 5.91 Å². The molecule has 0 unspecified atom stereocenters. The molecule has 2 saturated heterocycles. The van der Waals surface area contributed by atoms with Crippen LogP contribution in [0.5, 0.6) is 0 Å². The number of aryl methyl sites for hydroxylation is 1. The van der Waals surface area contributed by atoms with Crippen molar-refractivity contribution in [2.75, 3.05) is 26.2 Å². The van der Waals surface area contributed by atoms with Gasteiger partial charge in [0.25, 0.3) is 5.56 Å². The van der Waals surface area contributed by atoms with Crippen LogP contribution in [0.15, 0.2) is 90.4 Å². The molecule has 7 heterocycles. The number of thiophene rings is 1. The van der Waals surface area contributed by atoms with Crippen molar-refractivity contribution in [3.63, 3.8) is 0 Å². The average molecular weight is 740 g/mol. The molecule has 10 nitrogen and oxygen atoms in total. The summed E-state index contributed by atoms with van der Waals surface area (Å²) in [7, 11) is 0. The number of fused-ring (bicyclic) bond motifs is 1. The van der Waals surface area contributed by atoms with Crippen LogP contribution in [0.3, 0.4) is 0 Å². The largest absolute Gasteiger partial charge is 0.388 e. The van der Waals surface area contributed by atoms with Crippen LogP contribution in [0.1, 0.15) is 41.3 Å². The van der Waals surface area contributed by atoms with E-state index < -0.39 is 5.60 Å². The maximum atomic E-state index is 14.2. The number of carbonyl (C=O) groups excluding carboxylic acids is 1. The van der Waals surface area contributed by atoms with Crippen molar-refractivity contribution < 1.29 is 9.90 Å². The minimum Gasteiger partial charge on any atom is -0.388 e. The molecule has 0 aliphatic carbocycles. The molecular formula is C38H38ClN7O3S2. The van der Waals surface area contributed by atoms with E-state index in [0.29, 0.717) is 41.3 Å². The molecule has 0 radical (unpaired) electrons. The Morgan fingerprint density at radius 3 is 2.55 bits per heavy atom. The molecule has 1 amide bonds. The van der Waals surface area contributed by atoms with E-state index in [9.17, 15) is 14.7 Å². The van der Waals surface area contributed by atoms with Crippen molar-refractivity contribution in [1.29, 1.82) is 0 Å². The Bertz CT molecular complexity index is 2220. The highest BCUT2D eigenvalue weighted by Gasteiger charge is 2.41. The molecule has 0 spiro atoms. The summed E-state index contributed by atoms with van der Waals surface area (Å²) in [4.78, 5) is 46.9. The van der Waals surface area contributed by atoms with Gasteiger partial charge in [-0.2, -0.15) is 0 Å².